The van der Waals surface area contributed by atoms with Gasteiger partial charge in [-0.2, -0.15) is 0 Å². The Morgan fingerprint density at radius 3 is 2.30 bits per heavy atom. The third-order valence-electron chi connectivity index (χ3n) is 5.21. The molecule has 0 aliphatic heterocycles. The number of halogens is 1. The van der Waals surface area contributed by atoms with E-state index >= 15 is 0 Å². The third kappa shape index (κ3) is 4.66. The van der Waals surface area contributed by atoms with E-state index in [1.807, 2.05) is 24.3 Å². The lowest BCUT2D eigenvalue weighted by molar-refractivity contribution is -0.122. The molecule has 0 bridgehead atoms. The maximum atomic E-state index is 13.4. The molecule has 4 nitrogen and oxygen atoms in total. The molecule has 1 aliphatic rings. The number of hydrogen-bond acceptors (Lipinski definition) is 3. The smallest absolute Gasteiger partial charge is 0.235 e. The molecule has 1 N–H and O–H groups in total. The molecular formula is C22H26FNO3. The van der Waals surface area contributed by atoms with Gasteiger partial charge in [-0.15, -0.1) is 0 Å². The number of carbonyl (C=O) groups excluding carboxylic acids is 1. The molecule has 2 aromatic carbocycles. The van der Waals surface area contributed by atoms with Gasteiger partial charge in [0.25, 0.3) is 0 Å². The number of benzene rings is 2. The molecule has 2 aromatic rings. The predicted molar refractivity (Wildman–Crippen MR) is 104 cm³/mol. The predicted octanol–water partition coefficient (Wildman–Crippen LogP) is 4.69. The van der Waals surface area contributed by atoms with Crippen LogP contribution in [0.4, 0.5) is 10.1 Å². The number of hydrogen-bond donors (Lipinski definition) is 1. The standard InChI is InChI=1S/C22H26FNO3/c1-26-15-16-27-20-11-9-19(10-12-20)24-21(25)22(13-3-2-4-14-22)17-5-7-18(23)8-6-17/h5-12H,2-4,13-16H2,1H3,(H,24,25). The van der Waals surface area contributed by atoms with Gasteiger partial charge in [-0.3, -0.25) is 4.79 Å². The Morgan fingerprint density at radius 1 is 1.00 bits per heavy atom. The van der Waals surface area contributed by atoms with E-state index in [9.17, 15) is 9.18 Å². The van der Waals surface area contributed by atoms with Crippen LogP contribution in [0.5, 0.6) is 5.75 Å². The Morgan fingerprint density at radius 2 is 1.67 bits per heavy atom. The molecule has 0 spiro atoms. The van der Waals surface area contributed by atoms with Crippen LogP contribution in [0, 0.1) is 5.82 Å². The first-order chi connectivity index (χ1) is 13.1. The second-order valence-corrected chi connectivity index (χ2v) is 6.97. The SMILES string of the molecule is COCCOc1ccc(NC(=O)C2(c3ccc(F)cc3)CCCCC2)cc1. The lowest BCUT2D eigenvalue weighted by Gasteiger charge is -2.36. The lowest BCUT2D eigenvalue weighted by atomic mass is 9.68. The quantitative estimate of drug-likeness (QED) is 0.718. The summed E-state index contributed by atoms with van der Waals surface area (Å²) in [5.74, 6) is 0.423. The lowest BCUT2D eigenvalue weighted by Crippen LogP contribution is -2.42. The van der Waals surface area contributed by atoms with Crippen LogP contribution in [-0.2, 0) is 14.9 Å². The second kappa shape index (κ2) is 9.00. The number of rotatable bonds is 7. The fourth-order valence-corrected chi connectivity index (χ4v) is 3.70. The van der Waals surface area contributed by atoms with Crippen LogP contribution in [0.3, 0.4) is 0 Å². The van der Waals surface area contributed by atoms with Crippen LogP contribution in [0.1, 0.15) is 37.7 Å². The number of anilines is 1. The van der Waals surface area contributed by atoms with E-state index < -0.39 is 5.41 Å². The van der Waals surface area contributed by atoms with Crippen LogP contribution in [0.25, 0.3) is 0 Å². The molecular weight excluding hydrogens is 345 g/mol. The van der Waals surface area contributed by atoms with E-state index in [4.69, 9.17) is 9.47 Å². The molecule has 1 saturated carbocycles. The average Bonchev–Trinajstić information content (AvgIpc) is 2.70. The number of carbonyl (C=O) groups is 1. The van der Waals surface area contributed by atoms with Crippen molar-refractivity contribution in [3.8, 4) is 5.75 Å². The van der Waals surface area contributed by atoms with E-state index in [1.165, 1.54) is 12.1 Å². The Bertz CT molecular complexity index is 737. The summed E-state index contributed by atoms with van der Waals surface area (Å²) in [6.45, 7) is 1.01. The molecule has 1 amide bonds. The highest BCUT2D eigenvalue weighted by Gasteiger charge is 2.41. The largest absolute Gasteiger partial charge is 0.491 e. The van der Waals surface area contributed by atoms with Gasteiger partial charge in [0.15, 0.2) is 0 Å². The molecule has 5 heteroatoms. The van der Waals surface area contributed by atoms with Gasteiger partial charge in [-0.05, 0) is 54.8 Å². The number of methoxy groups -OCH3 is 1. The van der Waals surface area contributed by atoms with E-state index in [-0.39, 0.29) is 11.7 Å². The molecule has 0 atom stereocenters. The summed E-state index contributed by atoms with van der Waals surface area (Å²) in [7, 11) is 1.63. The van der Waals surface area contributed by atoms with Gasteiger partial charge in [0.05, 0.1) is 12.0 Å². The zero-order valence-corrected chi connectivity index (χ0v) is 15.7. The molecule has 1 aliphatic carbocycles. The second-order valence-electron chi connectivity index (χ2n) is 6.97. The number of amides is 1. The van der Waals surface area contributed by atoms with Crippen LogP contribution >= 0.6 is 0 Å². The summed E-state index contributed by atoms with van der Waals surface area (Å²) in [5.41, 5.74) is 1.02. The van der Waals surface area contributed by atoms with Gasteiger partial charge >= 0.3 is 0 Å². The highest BCUT2D eigenvalue weighted by Crippen LogP contribution is 2.40. The Hall–Kier alpha value is -2.40. The van der Waals surface area contributed by atoms with Crippen molar-refractivity contribution in [3.05, 3.63) is 59.9 Å². The minimum atomic E-state index is -0.598. The van der Waals surface area contributed by atoms with E-state index in [0.717, 1.165) is 49.1 Å². The molecule has 27 heavy (non-hydrogen) atoms. The summed E-state index contributed by atoms with van der Waals surface area (Å²) >= 11 is 0. The van der Waals surface area contributed by atoms with Crippen molar-refractivity contribution in [3.63, 3.8) is 0 Å². The van der Waals surface area contributed by atoms with Crippen molar-refractivity contribution in [2.45, 2.75) is 37.5 Å². The van der Waals surface area contributed by atoms with Gasteiger partial charge in [-0.1, -0.05) is 31.4 Å². The Labute approximate surface area is 159 Å². The van der Waals surface area contributed by atoms with E-state index in [2.05, 4.69) is 5.32 Å². The zero-order chi connectivity index (χ0) is 19.1. The zero-order valence-electron chi connectivity index (χ0n) is 15.7. The van der Waals surface area contributed by atoms with Crippen LogP contribution < -0.4 is 10.1 Å². The van der Waals surface area contributed by atoms with Gasteiger partial charge in [0.2, 0.25) is 5.91 Å². The van der Waals surface area contributed by atoms with Gasteiger partial charge in [0.1, 0.15) is 18.2 Å². The summed E-state index contributed by atoms with van der Waals surface area (Å²) < 4.78 is 23.9. The van der Waals surface area contributed by atoms with Crippen molar-refractivity contribution in [2.75, 3.05) is 25.6 Å². The van der Waals surface area contributed by atoms with Crippen LogP contribution in [0.15, 0.2) is 48.5 Å². The maximum Gasteiger partial charge on any atom is 0.235 e. The van der Waals surface area contributed by atoms with Gasteiger partial charge in [0, 0.05) is 12.8 Å². The molecule has 144 valence electrons. The van der Waals surface area contributed by atoms with Crippen LogP contribution in [-0.4, -0.2) is 26.2 Å². The molecule has 0 saturated heterocycles. The maximum absolute atomic E-state index is 13.4. The first-order valence-electron chi connectivity index (χ1n) is 9.43. The molecule has 0 aromatic heterocycles. The fourth-order valence-electron chi connectivity index (χ4n) is 3.70. The Kier molecular flexibility index (Phi) is 6.45. The number of ether oxygens (including phenoxy) is 2. The highest BCUT2D eigenvalue weighted by atomic mass is 19.1. The molecule has 0 heterocycles. The average molecular weight is 371 g/mol. The normalized spacial score (nSPS) is 15.9. The minimum Gasteiger partial charge on any atom is -0.491 e. The molecule has 1 fully saturated rings. The molecule has 0 unspecified atom stereocenters. The van der Waals surface area contributed by atoms with E-state index in [1.54, 1.807) is 19.2 Å². The van der Waals surface area contributed by atoms with E-state index in [0.29, 0.717) is 13.2 Å². The van der Waals surface area contributed by atoms with Crippen molar-refractivity contribution in [2.24, 2.45) is 0 Å². The molecule has 0 radical (unpaired) electrons. The van der Waals surface area contributed by atoms with Crippen molar-refractivity contribution >= 4 is 11.6 Å². The third-order valence-corrected chi connectivity index (χ3v) is 5.21. The topological polar surface area (TPSA) is 47.6 Å². The fraction of sp³-hybridized carbons (Fsp3) is 0.409. The van der Waals surface area contributed by atoms with Crippen molar-refractivity contribution in [1.82, 2.24) is 0 Å². The summed E-state index contributed by atoms with van der Waals surface area (Å²) in [6.07, 6.45) is 4.68. The molecule has 3 rings (SSSR count). The summed E-state index contributed by atoms with van der Waals surface area (Å²) in [5, 5.41) is 3.05. The van der Waals surface area contributed by atoms with Gasteiger partial charge < -0.3 is 14.8 Å². The minimum absolute atomic E-state index is 0.0261. The van der Waals surface area contributed by atoms with Gasteiger partial charge in [-0.25, -0.2) is 4.39 Å². The highest BCUT2D eigenvalue weighted by molar-refractivity contribution is 5.99. The first kappa shape index (κ1) is 19.4. The first-order valence-corrected chi connectivity index (χ1v) is 9.43. The van der Waals surface area contributed by atoms with Crippen LogP contribution in [0.2, 0.25) is 0 Å². The van der Waals surface area contributed by atoms with Crippen molar-refractivity contribution in [1.29, 1.82) is 0 Å². The summed E-state index contributed by atoms with van der Waals surface area (Å²) in [6, 6.07) is 13.7. The summed E-state index contributed by atoms with van der Waals surface area (Å²) in [4.78, 5) is 13.2. The van der Waals surface area contributed by atoms with Crippen molar-refractivity contribution < 1.29 is 18.7 Å². The monoisotopic (exact) mass is 371 g/mol. The Balaban J connectivity index is 1.74. The number of nitrogens with one attached hydrogen (secondary N) is 1.